The average Bonchev–Trinajstić information content (AvgIpc) is 2.87. The maximum Gasteiger partial charge on any atom is 0.244 e. The second kappa shape index (κ2) is 10.9. The number of carbonyl (C=O) groups is 2. The number of pyridine rings is 1. The van der Waals surface area contributed by atoms with Gasteiger partial charge in [0.15, 0.2) is 5.78 Å². The fourth-order valence-corrected chi connectivity index (χ4v) is 3.84. The van der Waals surface area contributed by atoms with Gasteiger partial charge in [0, 0.05) is 22.8 Å². The standard InChI is InChI=1S/C28H25FN2O5/c1-3-35-21-10-5-18(6-11-21)27(33)24-16-31(25-14-7-19(29)15-23(25)28(24)34)17-26(32)30-20-8-12-22(13-9-20)36-4-2/h5-16H,3-4,17H2,1-2H3,(H,30,32). The summed E-state index contributed by atoms with van der Waals surface area (Å²) in [6.07, 6.45) is 1.35. The van der Waals surface area contributed by atoms with Crippen LogP contribution in [0.2, 0.25) is 0 Å². The van der Waals surface area contributed by atoms with Gasteiger partial charge in [-0.3, -0.25) is 14.4 Å². The van der Waals surface area contributed by atoms with Crippen molar-refractivity contribution in [1.29, 1.82) is 0 Å². The third-order valence-electron chi connectivity index (χ3n) is 5.48. The fraction of sp³-hybridized carbons (Fsp3) is 0.179. The molecule has 184 valence electrons. The van der Waals surface area contributed by atoms with Gasteiger partial charge in [-0.25, -0.2) is 4.39 Å². The molecule has 0 atom stereocenters. The summed E-state index contributed by atoms with van der Waals surface area (Å²) in [6, 6.07) is 17.0. The first-order chi connectivity index (χ1) is 17.4. The van der Waals surface area contributed by atoms with Gasteiger partial charge in [0.2, 0.25) is 11.3 Å². The Bertz CT molecular complexity index is 1460. The van der Waals surface area contributed by atoms with Crippen LogP contribution in [0.5, 0.6) is 11.5 Å². The molecule has 1 amide bonds. The number of fused-ring (bicyclic) bond motifs is 1. The van der Waals surface area contributed by atoms with E-state index < -0.39 is 17.0 Å². The Balaban J connectivity index is 1.67. The van der Waals surface area contributed by atoms with Crippen molar-refractivity contribution in [1.82, 2.24) is 4.57 Å². The number of ether oxygens (including phenoxy) is 2. The molecule has 0 spiro atoms. The van der Waals surface area contributed by atoms with Gasteiger partial charge in [-0.05, 0) is 80.6 Å². The van der Waals surface area contributed by atoms with E-state index in [0.717, 1.165) is 6.07 Å². The zero-order valence-electron chi connectivity index (χ0n) is 19.9. The second-order valence-electron chi connectivity index (χ2n) is 7.95. The van der Waals surface area contributed by atoms with Crippen molar-refractivity contribution in [2.75, 3.05) is 18.5 Å². The van der Waals surface area contributed by atoms with E-state index in [1.54, 1.807) is 48.5 Å². The molecule has 3 aromatic carbocycles. The molecule has 36 heavy (non-hydrogen) atoms. The molecule has 0 fully saturated rings. The Labute approximate surface area is 207 Å². The normalized spacial score (nSPS) is 10.8. The van der Waals surface area contributed by atoms with Crippen LogP contribution < -0.4 is 20.2 Å². The molecule has 1 aromatic heterocycles. The monoisotopic (exact) mass is 488 g/mol. The summed E-state index contributed by atoms with van der Waals surface area (Å²) in [5.41, 5.74) is 0.409. The first kappa shape index (κ1) is 24.7. The van der Waals surface area contributed by atoms with E-state index in [4.69, 9.17) is 9.47 Å². The van der Waals surface area contributed by atoms with E-state index in [-0.39, 0.29) is 29.0 Å². The average molecular weight is 489 g/mol. The van der Waals surface area contributed by atoms with Gasteiger partial charge < -0.3 is 19.4 Å². The maximum atomic E-state index is 14.0. The number of halogens is 1. The van der Waals surface area contributed by atoms with E-state index in [1.165, 1.54) is 22.9 Å². The summed E-state index contributed by atoms with van der Waals surface area (Å²) in [7, 11) is 0. The Kier molecular flexibility index (Phi) is 7.44. The van der Waals surface area contributed by atoms with Crippen LogP contribution in [-0.2, 0) is 11.3 Å². The molecule has 0 unspecified atom stereocenters. The van der Waals surface area contributed by atoms with E-state index in [0.29, 0.717) is 35.9 Å². The lowest BCUT2D eigenvalue weighted by atomic mass is 10.0. The van der Waals surface area contributed by atoms with Crippen molar-refractivity contribution in [3.63, 3.8) is 0 Å². The Morgan fingerprint density at radius 2 is 1.50 bits per heavy atom. The predicted molar refractivity (Wildman–Crippen MR) is 135 cm³/mol. The van der Waals surface area contributed by atoms with Gasteiger partial charge >= 0.3 is 0 Å². The van der Waals surface area contributed by atoms with Crippen LogP contribution >= 0.6 is 0 Å². The van der Waals surface area contributed by atoms with Crippen LogP contribution in [0, 0.1) is 5.82 Å². The fourth-order valence-electron chi connectivity index (χ4n) is 3.84. The zero-order chi connectivity index (χ0) is 25.7. The lowest BCUT2D eigenvalue weighted by molar-refractivity contribution is -0.116. The number of amides is 1. The lowest BCUT2D eigenvalue weighted by Crippen LogP contribution is -2.24. The maximum absolute atomic E-state index is 14.0. The third kappa shape index (κ3) is 5.43. The van der Waals surface area contributed by atoms with E-state index in [9.17, 15) is 18.8 Å². The van der Waals surface area contributed by atoms with Gasteiger partial charge in [-0.15, -0.1) is 0 Å². The van der Waals surface area contributed by atoms with Crippen LogP contribution in [0.1, 0.15) is 29.8 Å². The highest BCUT2D eigenvalue weighted by molar-refractivity contribution is 6.10. The Hall–Kier alpha value is -4.46. The molecule has 0 bridgehead atoms. The highest BCUT2D eigenvalue weighted by Crippen LogP contribution is 2.19. The third-order valence-corrected chi connectivity index (χ3v) is 5.48. The first-order valence-corrected chi connectivity index (χ1v) is 11.5. The Morgan fingerprint density at radius 3 is 2.11 bits per heavy atom. The topological polar surface area (TPSA) is 86.6 Å². The summed E-state index contributed by atoms with van der Waals surface area (Å²) in [5, 5.41) is 2.80. The Morgan fingerprint density at radius 1 is 0.889 bits per heavy atom. The van der Waals surface area contributed by atoms with Crippen LogP contribution in [0.15, 0.2) is 77.7 Å². The number of carbonyl (C=O) groups excluding carboxylic acids is 2. The van der Waals surface area contributed by atoms with Crippen LogP contribution in [0.3, 0.4) is 0 Å². The van der Waals surface area contributed by atoms with Crippen molar-refractivity contribution in [2.45, 2.75) is 20.4 Å². The van der Waals surface area contributed by atoms with Gasteiger partial charge in [0.05, 0.1) is 24.3 Å². The van der Waals surface area contributed by atoms with Crippen molar-refractivity contribution in [2.24, 2.45) is 0 Å². The number of anilines is 1. The minimum absolute atomic E-state index is 0.0145. The molecule has 0 saturated heterocycles. The van der Waals surface area contributed by atoms with Crippen LogP contribution in [-0.4, -0.2) is 29.5 Å². The summed E-state index contributed by atoms with van der Waals surface area (Å²) < 4.78 is 26.3. The van der Waals surface area contributed by atoms with E-state index in [1.807, 2.05) is 13.8 Å². The number of benzene rings is 3. The summed E-state index contributed by atoms with van der Waals surface area (Å²) in [6.45, 7) is 4.54. The molecule has 1 N–H and O–H groups in total. The molecule has 0 aliphatic rings. The number of aromatic nitrogens is 1. The predicted octanol–water partition coefficient (Wildman–Crippen LogP) is 4.81. The summed E-state index contributed by atoms with van der Waals surface area (Å²) in [4.78, 5) is 39.2. The molecule has 0 aliphatic heterocycles. The first-order valence-electron chi connectivity index (χ1n) is 11.5. The number of hydrogen-bond acceptors (Lipinski definition) is 5. The quantitative estimate of drug-likeness (QED) is 0.342. The molecule has 4 rings (SSSR count). The molecular formula is C28H25FN2O5. The van der Waals surface area contributed by atoms with Crippen molar-refractivity contribution >= 4 is 28.3 Å². The van der Waals surface area contributed by atoms with Crippen LogP contribution in [0.25, 0.3) is 10.9 Å². The molecule has 0 saturated carbocycles. The molecule has 0 aliphatic carbocycles. The number of rotatable bonds is 9. The summed E-state index contributed by atoms with van der Waals surface area (Å²) >= 11 is 0. The number of ketones is 1. The van der Waals surface area contributed by atoms with Crippen molar-refractivity contribution in [3.8, 4) is 11.5 Å². The number of hydrogen-bond donors (Lipinski definition) is 1. The highest BCUT2D eigenvalue weighted by atomic mass is 19.1. The minimum atomic E-state index is -0.615. The molecular weight excluding hydrogens is 463 g/mol. The van der Waals surface area contributed by atoms with Gasteiger partial charge in [-0.1, -0.05) is 0 Å². The van der Waals surface area contributed by atoms with Gasteiger partial charge in [0.25, 0.3) is 0 Å². The molecule has 1 heterocycles. The second-order valence-corrected chi connectivity index (χ2v) is 7.95. The number of nitrogens with zero attached hydrogens (tertiary/aromatic N) is 1. The molecule has 4 aromatic rings. The minimum Gasteiger partial charge on any atom is -0.494 e. The van der Waals surface area contributed by atoms with Crippen molar-refractivity contribution < 1.29 is 23.5 Å². The molecule has 8 heteroatoms. The van der Waals surface area contributed by atoms with E-state index in [2.05, 4.69) is 5.32 Å². The number of nitrogens with one attached hydrogen (secondary N) is 1. The summed E-state index contributed by atoms with van der Waals surface area (Å²) in [5.74, 6) is -0.252. The SMILES string of the molecule is CCOc1ccc(NC(=O)Cn2cc(C(=O)c3ccc(OCC)cc3)c(=O)c3cc(F)ccc32)cc1. The lowest BCUT2D eigenvalue weighted by Gasteiger charge is -2.14. The van der Waals surface area contributed by atoms with Crippen LogP contribution in [0.4, 0.5) is 10.1 Å². The molecule has 7 nitrogen and oxygen atoms in total. The smallest absolute Gasteiger partial charge is 0.244 e. The van der Waals surface area contributed by atoms with Gasteiger partial charge in [0.1, 0.15) is 23.9 Å². The molecule has 0 radical (unpaired) electrons. The van der Waals surface area contributed by atoms with E-state index >= 15 is 0 Å². The largest absolute Gasteiger partial charge is 0.494 e. The zero-order valence-corrected chi connectivity index (χ0v) is 19.9. The van der Waals surface area contributed by atoms with Crippen molar-refractivity contribution in [3.05, 3.63) is 100 Å². The highest BCUT2D eigenvalue weighted by Gasteiger charge is 2.19. The van der Waals surface area contributed by atoms with Gasteiger partial charge in [-0.2, -0.15) is 0 Å².